The maximum Gasteiger partial charge on any atom is 0.0210 e. The van der Waals surface area contributed by atoms with Crippen LogP contribution in [0.3, 0.4) is 0 Å². The molecule has 2 atom stereocenters. The average molecular weight is 220 g/mol. The number of rotatable bonds is 3. The SMILES string of the molecule is C1CC2(C1)CCC2NC1CCN(C2CC2)C1. The number of hydrogen-bond acceptors (Lipinski definition) is 2. The van der Waals surface area contributed by atoms with Gasteiger partial charge in [0.25, 0.3) is 0 Å². The van der Waals surface area contributed by atoms with E-state index in [1.165, 1.54) is 64.5 Å². The molecule has 1 spiro atoms. The summed E-state index contributed by atoms with van der Waals surface area (Å²) in [6.45, 7) is 2.71. The third-order valence-corrected chi connectivity index (χ3v) is 5.74. The van der Waals surface area contributed by atoms with Crippen molar-refractivity contribution >= 4 is 0 Å². The topological polar surface area (TPSA) is 15.3 Å². The van der Waals surface area contributed by atoms with E-state index in [4.69, 9.17) is 0 Å². The molecular weight excluding hydrogens is 196 g/mol. The van der Waals surface area contributed by atoms with Crippen LogP contribution in [0.25, 0.3) is 0 Å². The molecule has 0 radical (unpaired) electrons. The first kappa shape index (κ1) is 9.90. The Morgan fingerprint density at radius 2 is 1.88 bits per heavy atom. The normalized spacial score (nSPS) is 42.0. The molecule has 4 rings (SSSR count). The second-order valence-electron chi connectivity index (χ2n) is 6.69. The van der Waals surface area contributed by atoms with Gasteiger partial charge < -0.3 is 5.32 Å². The van der Waals surface area contributed by atoms with E-state index in [1.807, 2.05) is 0 Å². The molecule has 1 heterocycles. The monoisotopic (exact) mass is 220 g/mol. The summed E-state index contributed by atoms with van der Waals surface area (Å²) in [6, 6.07) is 2.69. The first-order valence-electron chi connectivity index (χ1n) is 7.36. The zero-order valence-electron chi connectivity index (χ0n) is 10.3. The van der Waals surface area contributed by atoms with Crippen molar-refractivity contribution in [2.45, 2.75) is 69.5 Å². The van der Waals surface area contributed by atoms with Crippen LogP contribution in [0.2, 0.25) is 0 Å². The van der Waals surface area contributed by atoms with Gasteiger partial charge in [0.2, 0.25) is 0 Å². The molecule has 4 fully saturated rings. The molecule has 1 aliphatic heterocycles. The van der Waals surface area contributed by atoms with Crippen molar-refractivity contribution in [2.75, 3.05) is 13.1 Å². The van der Waals surface area contributed by atoms with Gasteiger partial charge >= 0.3 is 0 Å². The van der Waals surface area contributed by atoms with Crippen molar-refractivity contribution in [3.63, 3.8) is 0 Å². The lowest BCUT2D eigenvalue weighted by Crippen LogP contribution is -2.59. The van der Waals surface area contributed by atoms with Crippen molar-refractivity contribution in [3.8, 4) is 0 Å². The van der Waals surface area contributed by atoms with Gasteiger partial charge in [-0.1, -0.05) is 6.42 Å². The van der Waals surface area contributed by atoms with Gasteiger partial charge in [0.15, 0.2) is 0 Å². The van der Waals surface area contributed by atoms with E-state index in [0.29, 0.717) is 0 Å². The molecule has 2 unspecified atom stereocenters. The van der Waals surface area contributed by atoms with Gasteiger partial charge in [-0.15, -0.1) is 0 Å². The largest absolute Gasteiger partial charge is 0.309 e. The van der Waals surface area contributed by atoms with Crippen LogP contribution >= 0.6 is 0 Å². The summed E-state index contributed by atoms with van der Waals surface area (Å²) < 4.78 is 0. The van der Waals surface area contributed by atoms with Crippen LogP contribution in [0.15, 0.2) is 0 Å². The van der Waals surface area contributed by atoms with Crippen LogP contribution < -0.4 is 5.32 Å². The predicted octanol–water partition coefficient (Wildman–Crippen LogP) is 2.15. The molecule has 90 valence electrons. The molecular formula is C14H24N2. The zero-order chi connectivity index (χ0) is 10.6. The maximum atomic E-state index is 3.98. The molecule has 0 aromatic carbocycles. The lowest BCUT2D eigenvalue weighted by Gasteiger charge is -2.57. The smallest absolute Gasteiger partial charge is 0.0210 e. The highest BCUT2D eigenvalue weighted by Crippen LogP contribution is 2.56. The van der Waals surface area contributed by atoms with E-state index < -0.39 is 0 Å². The summed E-state index contributed by atoms with van der Waals surface area (Å²) in [5.41, 5.74) is 0.785. The second-order valence-corrected chi connectivity index (χ2v) is 6.69. The molecule has 0 aromatic rings. The minimum absolute atomic E-state index is 0.785. The van der Waals surface area contributed by atoms with Gasteiger partial charge in [-0.2, -0.15) is 0 Å². The van der Waals surface area contributed by atoms with Crippen LogP contribution in [-0.2, 0) is 0 Å². The highest BCUT2D eigenvalue weighted by atomic mass is 15.2. The lowest BCUT2D eigenvalue weighted by atomic mass is 9.53. The van der Waals surface area contributed by atoms with Gasteiger partial charge in [0, 0.05) is 31.2 Å². The molecule has 2 heteroatoms. The van der Waals surface area contributed by atoms with Gasteiger partial charge in [-0.25, -0.2) is 0 Å². The number of likely N-dealkylation sites (tertiary alicyclic amines) is 1. The van der Waals surface area contributed by atoms with Gasteiger partial charge in [-0.3, -0.25) is 4.90 Å². The summed E-state index contributed by atoms with van der Waals surface area (Å²) in [4.78, 5) is 2.73. The Kier molecular flexibility index (Phi) is 2.14. The first-order valence-corrected chi connectivity index (χ1v) is 7.36. The van der Waals surface area contributed by atoms with Crippen LogP contribution in [-0.4, -0.2) is 36.1 Å². The van der Waals surface area contributed by atoms with Crippen molar-refractivity contribution < 1.29 is 0 Å². The van der Waals surface area contributed by atoms with E-state index in [2.05, 4.69) is 10.2 Å². The molecule has 1 saturated heterocycles. The number of nitrogens with zero attached hydrogens (tertiary/aromatic N) is 1. The number of hydrogen-bond donors (Lipinski definition) is 1. The highest BCUT2D eigenvalue weighted by Gasteiger charge is 2.51. The molecule has 0 bridgehead atoms. The summed E-state index contributed by atoms with van der Waals surface area (Å²) in [7, 11) is 0. The van der Waals surface area contributed by atoms with E-state index >= 15 is 0 Å². The van der Waals surface area contributed by atoms with Crippen molar-refractivity contribution in [2.24, 2.45) is 5.41 Å². The Labute approximate surface area is 98.8 Å². The van der Waals surface area contributed by atoms with E-state index in [-0.39, 0.29) is 0 Å². The molecule has 4 aliphatic rings. The molecule has 0 amide bonds. The Bertz CT molecular complexity index is 275. The van der Waals surface area contributed by atoms with Crippen molar-refractivity contribution in [3.05, 3.63) is 0 Å². The van der Waals surface area contributed by atoms with Crippen molar-refractivity contribution in [1.29, 1.82) is 0 Å². The summed E-state index contributed by atoms with van der Waals surface area (Å²) >= 11 is 0. The summed E-state index contributed by atoms with van der Waals surface area (Å²) in [5, 5.41) is 3.98. The fourth-order valence-corrected chi connectivity index (χ4v) is 4.17. The number of nitrogens with one attached hydrogen (secondary N) is 1. The third kappa shape index (κ3) is 1.46. The lowest BCUT2D eigenvalue weighted by molar-refractivity contribution is -0.0222. The molecule has 1 N–H and O–H groups in total. The zero-order valence-corrected chi connectivity index (χ0v) is 10.3. The molecule has 3 aliphatic carbocycles. The maximum absolute atomic E-state index is 3.98. The second kappa shape index (κ2) is 3.46. The van der Waals surface area contributed by atoms with Crippen LogP contribution in [0.4, 0.5) is 0 Å². The molecule has 3 saturated carbocycles. The Hall–Kier alpha value is -0.0800. The fraction of sp³-hybridized carbons (Fsp3) is 1.00. The Balaban J connectivity index is 1.31. The van der Waals surface area contributed by atoms with E-state index in [1.54, 1.807) is 0 Å². The van der Waals surface area contributed by atoms with E-state index in [9.17, 15) is 0 Å². The summed E-state index contributed by atoms with van der Waals surface area (Å²) in [5.74, 6) is 0. The third-order valence-electron chi connectivity index (χ3n) is 5.74. The molecule has 0 aromatic heterocycles. The standard InChI is InChI=1S/C14H24N2/c1-6-14(7-1)8-4-13(14)15-11-5-9-16(10-11)12-2-3-12/h11-13,15H,1-10H2. The quantitative estimate of drug-likeness (QED) is 0.784. The summed E-state index contributed by atoms with van der Waals surface area (Å²) in [6.07, 6.45) is 11.9. The van der Waals surface area contributed by atoms with Gasteiger partial charge in [0.1, 0.15) is 0 Å². The Morgan fingerprint density at radius 1 is 1.00 bits per heavy atom. The molecule has 2 nitrogen and oxygen atoms in total. The van der Waals surface area contributed by atoms with Crippen LogP contribution in [0, 0.1) is 5.41 Å². The average Bonchev–Trinajstić information content (AvgIpc) is 2.92. The van der Waals surface area contributed by atoms with Crippen LogP contribution in [0.1, 0.15) is 51.4 Å². The Morgan fingerprint density at radius 3 is 2.44 bits per heavy atom. The van der Waals surface area contributed by atoms with Gasteiger partial charge in [-0.05, 0) is 50.4 Å². The predicted molar refractivity (Wildman–Crippen MR) is 65.4 cm³/mol. The van der Waals surface area contributed by atoms with E-state index in [0.717, 1.165) is 23.5 Å². The first-order chi connectivity index (χ1) is 7.86. The van der Waals surface area contributed by atoms with Gasteiger partial charge in [0.05, 0.1) is 0 Å². The minimum Gasteiger partial charge on any atom is -0.309 e. The molecule has 16 heavy (non-hydrogen) atoms. The fourth-order valence-electron chi connectivity index (χ4n) is 4.17. The highest BCUT2D eigenvalue weighted by molar-refractivity contribution is 5.06. The van der Waals surface area contributed by atoms with Crippen LogP contribution in [0.5, 0.6) is 0 Å². The minimum atomic E-state index is 0.785. The van der Waals surface area contributed by atoms with Crippen molar-refractivity contribution in [1.82, 2.24) is 10.2 Å².